The molecule has 0 bridgehead atoms. The van der Waals surface area contributed by atoms with Gasteiger partial charge in [-0.25, -0.2) is 0 Å². The average molecular weight is 385 g/mol. The third-order valence-electron chi connectivity index (χ3n) is 2.94. The molecule has 0 aliphatic carbocycles. The fourth-order valence-corrected chi connectivity index (χ4v) is 4.08. The maximum absolute atomic E-state index is 6.37. The van der Waals surface area contributed by atoms with E-state index in [2.05, 4.69) is 5.32 Å². The molecule has 1 N–H and O–H groups in total. The molecule has 1 atom stereocenters. The van der Waals surface area contributed by atoms with Crippen molar-refractivity contribution in [2.24, 2.45) is 0 Å². The Morgan fingerprint density at radius 2 is 1.81 bits per heavy atom. The van der Waals surface area contributed by atoms with E-state index in [-0.39, 0.29) is 6.04 Å². The summed E-state index contributed by atoms with van der Waals surface area (Å²) in [6.07, 6.45) is 0. The zero-order chi connectivity index (χ0) is 15.6. The number of nitrogens with one attached hydrogen (secondary N) is 1. The predicted octanol–water partition coefficient (Wildman–Crippen LogP) is 6.07. The smallest absolute Gasteiger partial charge is 0.139 e. The van der Waals surface area contributed by atoms with Crippen LogP contribution in [0.1, 0.15) is 24.1 Å². The van der Waals surface area contributed by atoms with E-state index < -0.39 is 0 Å². The Bertz CT molecular complexity index is 644. The van der Waals surface area contributed by atoms with Crippen LogP contribution in [0.15, 0.2) is 18.2 Å². The molecule has 0 saturated heterocycles. The van der Waals surface area contributed by atoms with Crippen LogP contribution in [0, 0.1) is 0 Å². The Labute approximate surface area is 147 Å². The van der Waals surface area contributed by atoms with Gasteiger partial charge in [0.2, 0.25) is 0 Å². The van der Waals surface area contributed by atoms with Crippen molar-refractivity contribution < 1.29 is 4.74 Å². The zero-order valence-electron chi connectivity index (χ0n) is 11.3. The largest absolute Gasteiger partial charge is 0.492 e. The minimum Gasteiger partial charge on any atom is -0.492 e. The molecule has 0 aliphatic heterocycles. The molecule has 2 rings (SSSR count). The monoisotopic (exact) mass is 383 g/mol. The molecule has 21 heavy (non-hydrogen) atoms. The van der Waals surface area contributed by atoms with E-state index in [1.54, 1.807) is 12.1 Å². The van der Waals surface area contributed by atoms with Crippen LogP contribution in [0.4, 0.5) is 0 Å². The molecule has 0 spiro atoms. The second-order valence-electron chi connectivity index (χ2n) is 4.24. The summed E-state index contributed by atoms with van der Waals surface area (Å²) >= 11 is 26.2. The van der Waals surface area contributed by atoms with Gasteiger partial charge < -0.3 is 10.1 Å². The summed E-state index contributed by atoms with van der Waals surface area (Å²) in [6, 6.07) is 5.14. The quantitative estimate of drug-likeness (QED) is 0.675. The van der Waals surface area contributed by atoms with Crippen LogP contribution < -0.4 is 10.1 Å². The first-order valence-corrected chi connectivity index (χ1v) is 8.54. The summed E-state index contributed by atoms with van der Waals surface area (Å²) < 4.78 is 6.69. The zero-order valence-corrected chi connectivity index (χ0v) is 15.2. The lowest BCUT2D eigenvalue weighted by atomic mass is 10.0. The molecule has 0 radical (unpaired) electrons. The molecule has 0 amide bonds. The van der Waals surface area contributed by atoms with E-state index >= 15 is 0 Å². The summed E-state index contributed by atoms with van der Waals surface area (Å²) in [6.45, 7) is 2.42. The van der Waals surface area contributed by atoms with E-state index in [4.69, 9.17) is 51.1 Å². The van der Waals surface area contributed by atoms with Gasteiger partial charge in [0.25, 0.3) is 0 Å². The van der Waals surface area contributed by atoms with E-state index in [0.717, 1.165) is 11.1 Å². The van der Waals surface area contributed by atoms with E-state index in [1.807, 2.05) is 20.0 Å². The molecule has 0 fully saturated rings. The molecule has 1 aromatic carbocycles. The molecule has 2 nitrogen and oxygen atoms in total. The van der Waals surface area contributed by atoms with Crippen LogP contribution >= 0.6 is 57.7 Å². The molecule has 0 aliphatic rings. The first-order valence-electron chi connectivity index (χ1n) is 6.21. The van der Waals surface area contributed by atoms with Gasteiger partial charge in [0.1, 0.15) is 5.75 Å². The fraction of sp³-hybridized carbons (Fsp3) is 0.286. The number of benzene rings is 1. The minimum absolute atomic E-state index is 0.193. The van der Waals surface area contributed by atoms with Gasteiger partial charge in [0, 0.05) is 16.7 Å². The van der Waals surface area contributed by atoms with Crippen molar-refractivity contribution in [3.8, 4) is 5.75 Å². The predicted molar refractivity (Wildman–Crippen MR) is 92.9 cm³/mol. The Kier molecular flexibility index (Phi) is 6.06. The van der Waals surface area contributed by atoms with Crippen molar-refractivity contribution in [1.82, 2.24) is 5.32 Å². The van der Waals surface area contributed by atoms with Gasteiger partial charge in [-0.1, -0.05) is 46.4 Å². The van der Waals surface area contributed by atoms with Gasteiger partial charge in [0.15, 0.2) is 0 Å². The first kappa shape index (κ1) is 17.2. The highest BCUT2D eigenvalue weighted by Gasteiger charge is 2.22. The van der Waals surface area contributed by atoms with Crippen molar-refractivity contribution in [2.75, 3.05) is 13.7 Å². The van der Waals surface area contributed by atoms with Crippen molar-refractivity contribution in [3.63, 3.8) is 0 Å². The lowest BCUT2D eigenvalue weighted by Crippen LogP contribution is -2.18. The summed E-state index contributed by atoms with van der Waals surface area (Å²) in [4.78, 5) is 0. The molecule has 114 valence electrons. The Morgan fingerprint density at radius 3 is 2.33 bits per heavy atom. The summed E-state index contributed by atoms with van der Waals surface area (Å²) in [5, 5.41) is 4.25. The van der Waals surface area contributed by atoms with Crippen LogP contribution in [-0.4, -0.2) is 13.7 Å². The highest BCUT2D eigenvalue weighted by Crippen LogP contribution is 2.41. The molecular formula is C14H13Cl4NOS. The van der Waals surface area contributed by atoms with Gasteiger partial charge >= 0.3 is 0 Å². The second-order valence-corrected chi connectivity index (χ2v) is 7.34. The van der Waals surface area contributed by atoms with Crippen molar-refractivity contribution in [1.29, 1.82) is 0 Å². The normalized spacial score (nSPS) is 12.5. The SMILES string of the molecule is CCOc1cc(Cl)c(C(NC)c2cc(Cl)sc2Cl)cc1Cl. The van der Waals surface area contributed by atoms with Gasteiger partial charge in [0.05, 0.1) is 26.3 Å². The van der Waals surface area contributed by atoms with Crippen LogP contribution in [0.2, 0.25) is 18.7 Å². The summed E-state index contributed by atoms with van der Waals surface area (Å²) in [7, 11) is 1.83. The van der Waals surface area contributed by atoms with E-state index in [0.29, 0.717) is 31.1 Å². The maximum Gasteiger partial charge on any atom is 0.139 e. The average Bonchev–Trinajstić information content (AvgIpc) is 2.75. The number of hydrogen-bond acceptors (Lipinski definition) is 3. The third-order valence-corrected chi connectivity index (χ3v) is 5.09. The lowest BCUT2D eigenvalue weighted by molar-refractivity contribution is 0.340. The first-order chi connectivity index (χ1) is 9.97. The Balaban J connectivity index is 2.48. The standard InChI is InChI=1S/C14H13Cl4NOS/c1-3-20-11-6-9(15)7(4-10(11)16)13(19-2)8-5-12(17)21-14(8)18/h4-6,13,19H,3H2,1-2H3. The minimum atomic E-state index is -0.193. The third kappa shape index (κ3) is 3.79. The maximum atomic E-state index is 6.37. The molecule has 2 aromatic rings. The summed E-state index contributed by atoms with van der Waals surface area (Å²) in [5.74, 6) is 0.567. The molecular weight excluding hydrogens is 372 g/mol. The Morgan fingerprint density at radius 1 is 1.10 bits per heavy atom. The number of hydrogen-bond donors (Lipinski definition) is 1. The van der Waals surface area contributed by atoms with Crippen LogP contribution in [0.3, 0.4) is 0 Å². The van der Waals surface area contributed by atoms with Gasteiger partial charge in [-0.2, -0.15) is 0 Å². The fourth-order valence-electron chi connectivity index (χ4n) is 2.06. The molecule has 1 heterocycles. The number of rotatable bonds is 5. The number of thiophene rings is 1. The number of ether oxygens (including phenoxy) is 1. The lowest BCUT2D eigenvalue weighted by Gasteiger charge is -2.19. The number of halogens is 4. The molecule has 0 saturated carbocycles. The molecule has 1 unspecified atom stereocenters. The van der Waals surface area contributed by atoms with Crippen LogP contribution in [0.25, 0.3) is 0 Å². The van der Waals surface area contributed by atoms with E-state index in [9.17, 15) is 0 Å². The van der Waals surface area contributed by atoms with Gasteiger partial charge in [-0.15, -0.1) is 11.3 Å². The van der Waals surface area contributed by atoms with Crippen molar-refractivity contribution >= 4 is 57.7 Å². The van der Waals surface area contributed by atoms with Crippen LogP contribution in [-0.2, 0) is 0 Å². The Hall–Kier alpha value is -0.160. The molecule has 7 heteroatoms. The highest BCUT2D eigenvalue weighted by atomic mass is 35.5. The summed E-state index contributed by atoms with van der Waals surface area (Å²) in [5.41, 5.74) is 1.69. The van der Waals surface area contributed by atoms with Crippen LogP contribution in [0.5, 0.6) is 5.75 Å². The van der Waals surface area contributed by atoms with Crippen molar-refractivity contribution in [3.05, 3.63) is 48.0 Å². The molecule has 1 aromatic heterocycles. The van der Waals surface area contributed by atoms with Gasteiger partial charge in [-0.3, -0.25) is 0 Å². The van der Waals surface area contributed by atoms with Crippen molar-refractivity contribution in [2.45, 2.75) is 13.0 Å². The highest BCUT2D eigenvalue weighted by molar-refractivity contribution is 7.20. The second kappa shape index (κ2) is 7.40. The topological polar surface area (TPSA) is 21.3 Å². The van der Waals surface area contributed by atoms with E-state index in [1.165, 1.54) is 11.3 Å². The van der Waals surface area contributed by atoms with Gasteiger partial charge in [-0.05, 0) is 31.7 Å².